The van der Waals surface area contributed by atoms with Crippen LogP contribution in [0.1, 0.15) is 44.5 Å². The predicted octanol–water partition coefficient (Wildman–Crippen LogP) is 5.23. The number of ether oxygens (including phenoxy) is 1. The van der Waals surface area contributed by atoms with Gasteiger partial charge in [0, 0.05) is 16.6 Å². The number of hydrogen-bond acceptors (Lipinski definition) is 3. The highest BCUT2D eigenvalue weighted by Crippen LogP contribution is 2.28. The van der Waals surface area contributed by atoms with Crippen molar-refractivity contribution >= 4 is 16.6 Å². The van der Waals surface area contributed by atoms with E-state index in [-0.39, 0.29) is 0 Å². The fraction of sp³-hybridized carbons (Fsp3) is 0.400. The van der Waals surface area contributed by atoms with Crippen molar-refractivity contribution in [2.45, 2.75) is 41.5 Å². The third-order valence-corrected chi connectivity index (χ3v) is 4.17. The first-order chi connectivity index (χ1) is 10.9. The number of aliphatic imine (C=N–C) groups is 1. The van der Waals surface area contributed by atoms with Gasteiger partial charge in [0.05, 0.1) is 24.0 Å². The second-order valence-electron chi connectivity index (χ2n) is 6.18. The summed E-state index contributed by atoms with van der Waals surface area (Å²) in [5.74, 6) is 1.27. The number of pyridine rings is 1. The van der Waals surface area contributed by atoms with Crippen molar-refractivity contribution in [3.8, 4) is 5.75 Å². The summed E-state index contributed by atoms with van der Waals surface area (Å²) in [6, 6.07) is 6.19. The molecule has 1 aromatic carbocycles. The maximum atomic E-state index is 5.43. The molecule has 3 heteroatoms. The molecule has 2 aromatic rings. The van der Waals surface area contributed by atoms with Crippen LogP contribution >= 0.6 is 0 Å². The van der Waals surface area contributed by atoms with E-state index in [0.717, 1.165) is 39.3 Å². The Labute approximate surface area is 139 Å². The lowest BCUT2D eigenvalue weighted by Gasteiger charge is -2.12. The molecule has 0 amide bonds. The molecule has 0 unspecified atom stereocenters. The molecule has 2 rings (SSSR count). The van der Waals surface area contributed by atoms with E-state index >= 15 is 0 Å². The highest BCUT2D eigenvalue weighted by molar-refractivity contribution is 6.00. The SMILES string of the molecule is C/C=C(\N=C(C)c1cc(C)c2ccc(OC)c(C)c2n1)C(C)C. The minimum absolute atomic E-state index is 0.401. The average molecular weight is 310 g/mol. The van der Waals surface area contributed by atoms with Crippen LogP contribution in [0.25, 0.3) is 10.9 Å². The van der Waals surface area contributed by atoms with Crippen LogP contribution in [0.4, 0.5) is 0 Å². The smallest absolute Gasteiger partial charge is 0.123 e. The molecule has 1 aromatic heterocycles. The molecule has 1 heterocycles. The van der Waals surface area contributed by atoms with Gasteiger partial charge in [0.2, 0.25) is 0 Å². The first-order valence-corrected chi connectivity index (χ1v) is 8.05. The van der Waals surface area contributed by atoms with Crippen LogP contribution in [0.5, 0.6) is 5.75 Å². The molecular formula is C20H26N2O. The number of benzene rings is 1. The molecular weight excluding hydrogens is 284 g/mol. The first kappa shape index (κ1) is 17.2. The van der Waals surface area contributed by atoms with Crippen LogP contribution in [-0.4, -0.2) is 17.8 Å². The average Bonchev–Trinajstić information content (AvgIpc) is 2.52. The maximum absolute atomic E-state index is 5.43. The molecule has 0 spiro atoms. The fourth-order valence-corrected chi connectivity index (χ4v) is 2.76. The number of rotatable bonds is 4. The number of methoxy groups -OCH3 is 1. The number of aryl methyl sites for hydroxylation is 2. The molecule has 0 atom stereocenters. The number of hydrogen-bond donors (Lipinski definition) is 0. The molecule has 122 valence electrons. The molecule has 0 aliphatic rings. The van der Waals surface area contributed by atoms with Gasteiger partial charge in [0.25, 0.3) is 0 Å². The summed E-state index contributed by atoms with van der Waals surface area (Å²) in [5, 5.41) is 1.16. The number of aromatic nitrogens is 1. The van der Waals surface area contributed by atoms with Gasteiger partial charge in [0.1, 0.15) is 5.75 Å². The second-order valence-corrected chi connectivity index (χ2v) is 6.18. The Hall–Kier alpha value is -2.16. The Morgan fingerprint density at radius 1 is 1.26 bits per heavy atom. The fourth-order valence-electron chi connectivity index (χ4n) is 2.76. The summed E-state index contributed by atoms with van der Waals surface area (Å²) in [6.07, 6.45) is 2.07. The van der Waals surface area contributed by atoms with Gasteiger partial charge in [-0.1, -0.05) is 19.9 Å². The van der Waals surface area contributed by atoms with E-state index in [1.807, 2.05) is 19.9 Å². The van der Waals surface area contributed by atoms with Crippen LogP contribution in [0.15, 0.2) is 35.0 Å². The molecule has 0 fully saturated rings. The number of allylic oxidation sites excluding steroid dienone is 2. The molecule has 0 radical (unpaired) electrons. The van der Waals surface area contributed by atoms with E-state index in [2.05, 4.69) is 45.9 Å². The Balaban J connectivity index is 2.63. The Morgan fingerprint density at radius 2 is 1.96 bits per heavy atom. The topological polar surface area (TPSA) is 34.5 Å². The zero-order chi connectivity index (χ0) is 17.1. The lowest BCUT2D eigenvalue weighted by atomic mass is 10.0. The van der Waals surface area contributed by atoms with Crippen molar-refractivity contribution < 1.29 is 4.74 Å². The molecule has 0 saturated heterocycles. The van der Waals surface area contributed by atoms with Crippen molar-refractivity contribution in [2.24, 2.45) is 10.9 Å². The second kappa shape index (κ2) is 6.95. The highest BCUT2D eigenvalue weighted by Gasteiger charge is 2.11. The third-order valence-electron chi connectivity index (χ3n) is 4.17. The summed E-state index contributed by atoms with van der Waals surface area (Å²) in [6.45, 7) is 12.5. The van der Waals surface area contributed by atoms with E-state index in [0.29, 0.717) is 5.92 Å². The van der Waals surface area contributed by atoms with Crippen LogP contribution in [-0.2, 0) is 0 Å². The number of nitrogens with zero attached hydrogens (tertiary/aromatic N) is 2. The highest BCUT2D eigenvalue weighted by atomic mass is 16.5. The molecule has 0 aliphatic carbocycles. The number of fused-ring (bicyclic) bond motifs is 1. The van der Waals surface area contributed by atoms with Crippen molar-refractivity contribution in [3.05, 3.63) is 46.8 Å². The predicted molar refractivity (Wildman–Crippen MR) is 98.6 cm³/mol. The zero-order valence-electron chi connectivity index (χ0n) is 15.2. The van der Waals surface area contributed by atoms with Gasteiger partial charge < -0.3 is 4.74 Å². The van der Waals surface area contributed by atoms with Gasteiger partial charge in [-0.25, -0.2) is 4.98 Å². The minimum Gasteiger partial charge on any atom is -0.496 e. The Bertz CT molecular complexity index is 786. The van der Waals surface area contributed by atoms with Crippen molar-refractivity contribution in [3.63, 3.8) is 0 Å². The molecule has 0 bridgehead atoms. The zero-order valence-corrected chi connectivity index (χ0v) is 15.2. The Morgan fingerprint density at radius 3 is 2.52 bits per heavy atom. The van der Waals surface area contributed by atoms with Crippen molar-refractivity contribution in [2.75, 3.05) is 7.11 Å². The van der Waals surface area contributed by atoms with Gasteiger partial charge in [-0.05, 0) is 57.4 Å². The molecule has 3 nitrogen and oxygen atoms in total. The lowest BCUT2D eigenvalue weighted by Crippen LogP contribution is -2.04. The van der Waals surface area contributed by atoms with Crippen molar-refractivity contribution in [1.82, 2.24) is 4.98 Å². The molecule has 23 heavy (non-hydrogen) atoms. The van der Waals surface area contributed by atoms with E-state index < -0.39 is 0 Å². The van der Waals surface area contributed by atoms with Gasteiger partial charge in [-0.3, -0.25) is 4.99 Å². The lowest BCUT2D eigenvalue weighted by molar-refractivity contribution is 0.412. The maximum Gasteiger partial charge on any atom is 0.123 e. The normalized spacial score (nSPS) is 13.0. The summed E-state index contributed by atoms with van der Waals surface area (Å²) in [7, 11) is 1.69. The van der Waals surface area contributed by atoms with Gasteiger partial charge in [-0.2, -0.15) is 0 Å². The van der Waals surface area contributed by atoms with Gasteiger partial charge in [0.15, 0.2) is 0 Å². The van der Waals surface area contributed by atoms with Crippen LogP contribution < -0.4 is 4.74 Å². The van der Waals surface area contributed by atoms with Gasteiger partial charge in [-0.15, -0.1) is 0 Å². The molecule has 0 aliphatic heterocycles. The summed E-state index contributed by atoms with van der Waals surface area (Å²) in [5.41, 5.74) is 6.21. The van der Waals surface area contributed by atoms with Crippen LogP contribution in [0.2, 0.25) is 0 Å². The minimum atomic E-state index is 0.401. The van der Waals surface area contributed by atoms with Crippen LogP contribution in [0, 0.1) is 19.8 Å². The molecule has 0 saturated carbocycles. The summed E-state index contributed by atoms with van der Waals surface area (Å²) >= 11 is 0. The third kappa shape index (κ3) is 3.44. The summed E-state index contributed by atoms with van der Waals surface area (Å²) in [4.78, 5) is 9.62. The molecule has 0 N–H and O–H groups in total. The summed E-state index contributed by atoms with van der Waals surface area (Å²) < 4.78 is 5.43. The quantitative estimate of drug-likeness (QED) is 0.725. The van der Waals surface area contributed by atoms with Crippen molar-refractivity contribution in [1.29, 1.82) is 0 Å². The van der Waals surface area contributed by atoms with E-state index in [4.69, 9.17) is 14.7 Å². The largest absolute Gasteiger partial charge is 0.496 e. The van der Waals surface area contributed by atoms with E-state index in [1.165, 1.54) is 5.56 Å². The first-order valence-electron chi connectivity index (χ1n) is 8.05. The van der Waals surface area contributed by atoms with Crippen LogP contribution in [0.3, 0.4) is 0 Å². The monoisotopic (exact) mass is 310 g/mol. The van der Waals surface area contributed by atoms with E-state index in [1.54, 1.807) is 7.11 Å². The van der Waals surface area contributed by atoms with Gasteiger partial charge >= 0.3 is 0 Å². The standard InChI is InChI=1S/C20H26N2O/c1-8-17(12(2)3)21-15(6)18-11-13(4)16-9-10-19(23-7)14(5)20(16)22-18/h8-12H,1-7H3/b17-8-,21-15?. The Kier molecular flexibility index (Phi) is 5.19. The van der Waals surface area contributed by atoms with E-state index in [9.17, 15) is 0 Å².